The lowest BCUT2D eigenvalue weighted by Gasteiger charge is -2.29. The van der Waals surface area contributed by atoms with Gasteiger partial charge in [0, 0.05) is 57.6 Å². The van der Waals surface area contributed by atoms with Gasteiger partial charge in [-0.05, 0) is 57.8 Å². The second-order valence-corrected chi connectivity index (χ2v) is 26.4. The fraction of sp³-hybridized carbons (Fsp3) is 0.859. The number of rotatable bonds is 87. The Kier molecular flexibility index (Phi) is 67.0. The molecule has 4 rings (SSSR count). The van der Waals surface area contributed by atoms with Gasteiger partial charge in [-0.2, -0.15) is 0 Å². The lowest BCUT2D eigenvalue weighted by Crippen LogP contribution is -2.35. The number of unbranched alkanes of at least 4 members (excludes halogenated alkanes) is 1. The number of nitrogen functional groups attached to an aromatic ring is 1. The minimum atomic E-state index is -0.404. The molecular formula is C78H140N8O29. The third kappa shape index (κ3) is 57.8. The number of hydrogen-bond donors (Lipinski definition) is 3. The van der Waals surface area contributed by atoms with E-state index in [1.165, 1.54) is 12.2 Å². The SMILES string of the molecule is CCCCc1nc2c(N)nnc(OC(C)C)c2n1CC1CCC(CNC(=O)CCOCCOCCOCCOCCOCCOCCOCCOCCOCCOCCOCCOCCOCCOCCOCCOCCOCCOCCOCCOCCOCCOCCOCCOCCNC(=O)CCN2C(=O)C=CC2=O)CC1. The zero-order valence-corrected chi connectivity index (χ0v) is 69.2. The summed E-state index contributed by atoms with van der Waals surface area (Å²) in [5, 5.41) is 14.2. The van der Waals surface area contributed by atoms with Crippen molar-refractivity contribution in [3.8, 4) is 5.88 Å². The summed E-state index contributed by atoms with van der Waals surface area (Å²) in [7, 11) is 0. The van der Waals surface area contributed by atoms with Crippen LogP contribution < -0.4 is 21.1 Å². The number of nitrogens with two attached hydrogens (primary N) is 1. The molecule has 115 heavy (non-hydrogen) atoms. The summed E-state index contributed by atoms with van der Waals surface area (Å²) in [5.41, 5.74) is 7.76. The van der Waals surface area contributed by atoms with Gasteiger partial charge in [0.2, 0.25) is 11.8 Å². The zero-order chi connectivity index (χ0) is 81.8. The van der Waals surface area contributed by atoms with Gasteiger partial charge in [0.05, 0.1) is 323 Å². The van der Waals surface area contributed by atoms with Crippen molar-refractivity contribution in [1.29, 1.82) is 0 Å². The zero-order valence-electron chi connectivity index (χ0n) is 69.2. The molecule has 1 saturated carbocycles. The Morgan fingerprint density at radius 1 is 0.400 bits per heavy atom. The number of nitrogens with one attached hydrogen (secondary N) is 2. The van der Waals surface area contributed by atoms with Crippen molar-refractivity contribution in [2.75, 3.05) is 342 Å². The van der Waals surface area contributed by atoms with Gasteiger partial charge in [-0.3, -0.25) is 24.1 Å². The monoisotopic (exact) mass is 1650 g/mol. The first-order chi connectivity index (χ1) is 56.7. The number of nitrogens with zero attached hydrogens (tertiary/aromatic N) is 5. The first-order valence-electron chi connectivity index (χ1n) is 41.3. The highest BCUT2D eigenvalue weighted by Crippen LogP contribution is 2.34. The molecule has 1 aliphatic carbocycles. The molecule has 0 bridgehead atoms. The smallest absolute Gasteiger partial charge is 0.260 e. The van der Waals surface area contributed by atoms with Crippen LogP contribution >= 0.6 is 0 Å². The number of fused-ring (bicyclic) bond motifs is 1. The summed E-state index contributed by atoms with van der Waals surface area (Å²) >= 11 is 0. The molecule has 1 aliphatic heterocycles. The predicted molar refractivity (Wildman–Crippen MR) is 420 cm³/mol. The van der Waals surface area contributed by atoms with Gasteiger partial charge in [-0.1, -0.05) is 13.3 Å². The van der Waals surface area contributed by atoms with Crippen LogP contribution in [0.2, 0.25) is 0 Å². The van der Waals surface area contributed by atoms with E-state index in [1.54, 1.807) is 0 Å². The fourth-order valence-electron chi connectivity index (χ4n) is 10.9. The second-order valence-electron chi connectivity index (χ2n) is 26.4. The Morgan fingerprint density at radius 2 is 0.687 bits per heavy atom. The summed E-state index contributed by atoms with van der Waals surface area (Å²) in [6.07, 6.45) is 9.92. The predicted octanol–water partition coefficient (Wildman–Crippen LogP) is 2.68. The number of imide groups is 1. The molecule has 666 valence electrons. The van der Waals surface area contributed by atoms with E-state index in [0.29, 0.717) is 366 Å². The molecule has 2 aliphatic rings. The number of ether oxygens (including phenoxy) is 25. The molecule has 2 aromatic heterocycles. The molecule has 0 saturated heterocycles. The molecule has 0 spiro atoms. The molecule has 2 aromatic rings. The van der Waals surface area contributed by atoms with Crippen molar-refractivity contribution in [3.05, 3.63) is 18.0 Å². The molecule has 0 aromatic carbocycles. The van der Waals surface area contributed by atoms with Crippen LogP contribution in [0.15, 0.2) is 12.2 Å². The third-order valence-corrected chi connectivity index (χ3v) is 16.9. The summed E-state index contributed by atoms with van der Waals surface area (Å²) in [5.74, 6) is 1.70. The average Bonchev–Trinajstić information content (AvgIpc) is 1.62. The third-order valence-electron chi connectivity index (χ3n) is 16.9. The minimum Gasteiger partial charge on any atom is -0.472 e. The van der Waals surface area contributed by atoms with Gasteiger partial charge in [0.1, 0.15) is 16.9 Å². The maximum atomic E-state index is 12.6. The number of carbonyl (C=O) groups excluding carboxylic acids is 4. The van der Waals surface area contributed by atoms with E-state index < -0.39 is 11.8 Å². The molecule has 3 heterocycles. The first kappa shape index (κ1) is 102. The maximum absolute atomic E-state index is 12.6. The van der Waals surface area contributed by atoms with E-state index >= 15 is 0 Å². The van der Waals surface area contributed by atoms with Crippen molar-refractivity contribution in [2.24, 2.45) is 11.8 Å². The Morgan fingerprint density at radius 3 is 0.991 bits per heavy atom. The second kappa shape index (κ2) is 75.2. The number of aromatic nitrogens is 4. The molecular weight excluding hydrogens is 1510 g/mol. The first-order valence-corrected chi connectivity index (χ1v) is 41.3. The average molecular weight is 1650 g/mol. The number of anilines is 1. The standard InChI is InChI=1S/C78H140N8O29/c1-4-5-6-70-82-75-76(78(115-67(2)3)84-83-77(75)79)86(70)66-69-9-7-68(8-10-69)65-81-72(88)14-17-91-19-21-93-23-25-95-27-29-97-31-33-99-35-37-101-39-41-103-43-45-105-47-49-107-51-53-109-55-57-111-59-61-113-63-64-114-62-60-112-58-56-110-54-52-108-50-48-106-46-44-104-42-40-102-38-36-100-34-32-98-30-28-96-26-24-94-22-20-92-18-15-80-71(87)13-16-85-73(89)11-12-74(85)90/h11-12,67-69H,4-10,13-66H2,1-3H3,(H2,79,83)(H,80,87)(H,81,88). The van der Waals surface area contributed by atoms with Crippen LogP contribution in [0.3, 0.4) is 0 Å². The Balaban J connectivity index is 0.709. The van der Waals surface area contributed by atoms with E-state index in [4.69, 9.17) is 129 Å². The van der Waals surface area contributed by atoms with Gasteiger partial charge >= 0.3 is 0 Å². The molecule has 0 unspecified atom stereocenters. The van der Waals surface area contributed by atoms with Gasteiger partial charge < -0.3 is 139 Å². The lowest BCUT2D eigenvalue weighted by atomic mass is 9.82. The number of hydrogen-bond acceptors (Lipinski definition) is 33. The summed E-state index contributed by atoms with van der Waals surface area (Å²) < 4.78 is 141. The normalized spacial score (nSPS) is 14.5. The minimum absolute atomic E-state index is 0.00598. The largest absolute Gasteiger partial charge is 0.472 e. The number of carbonyl (C=O) groups is 4. The van der Waals surface area contributed by atoms with Crippen molar-refractivity contribution >= 4 is 40.5 Å². The maximum Gasteiger partial charge on any atom is 0.260 e. The van der Waals surface area contributed by atoms with E-state index in [2.05, 4.69) is 32.3 Å². The number of aryl methyl sites for hydroxylation is 1. The highest BCUT2D eigenvalue weighted by molar-refractivity contribution is 6.13. The molecule has 4 amide bonds. The quantitative estimate of drug-likeness (QED) is 0.0633. The Hall–Kier alpha value is -4.99. The molecule has 37 heteroatoms. The van der Waals surface area contributed by atoms with Gasteiger partial charge in [0.25, 0.3) is 17.7 Å². The fourth-order valence-corrected chi connectivity index (χ4v) is 10.9. The van der Waals surface area contributed by atoms with Crippen molar-refractivity contribution in [1.82, 2.24) is 35.3 Å². The Bertz CT molecular complexity index is 2640. The molecule has 0 radical (unpaired) electrons. The summed E-state index contributed by atoms with van der Waals surface area (Å²) in [6.45, 7) is 29.8. The number of amides is 4. The number of imidazole rings is 1. The van der Waals surface area contributed by atoms with Gasteiger partial charge in [-0.25, -0.2) is 4.98 Å². The van der Waals surface area contributed by atoms with Crippen LogP contribution in [0.4, 0.5) is 5.82 Å². The van der Waals surface area contributed by atoms with Gasteiger partial charge in [-0.15, -0.1) is 10.2 Å². The topological polar surface area (TPSA) is 396 Å². The molecule has 1 fully saturated rings. The van der Waals surface area contributed by atoms with Crippen LogP contribution in [-0.2, 0) is 146 Å². The van der Waals surface area contributed by atoms with E-state index in [0.717, 1.165) is 67.7 Å². The molecule has 4 N–H and O–H groups in total. The summed E-state index contributed by atoms with van der Waals surface area (Å²) in [6, 6.07) is 0. The Labute approximate surface area is 680 Å². The van der Waals surface area contributed by atoms with Crippen LogP contribution in [0.1, 0.15) is 78.0 Å². The molecule has 0 atom stereocenters. The lowest BCUT2D eigenvalue weighted by molar-refractivity contribution is -0.137. The van der Waals surface area contributed by atoms with Crippen LogP contribution in [0.25, 0.3) is 11.0 Å². The summed E-state index contributed by atoms with van der Waals surface area (Å²) in [4.78, 5) is 53.4. The van der Waals surface area contributed by atoms with Crippen molar-refractivity contribution in [3.63, 3.8) is 0 Å². The molecule has 37 nitrogen and oxygen atoms in total. The van der Waals surface area contributed by atoms with E-state index in [9.17, 15) is 19.2 Å². The van der Waals surface area contributed by atoms with Crippen molar-refractivity contribution in [2.45, 2.75) is 91.2 Å². The van der Waals surface area contributed by atoms with E-state index in [1.807, 2.05) is 13.8 Å². The highest BCUT2D eigenvalue weighted by atomic mass is 16.6. The van der Waals surface area contributed by atoms with Gasteiger partial charge in [0.15, 0.2) is 5.82 Å². The van der Waals surface area contributed by atoms with Crippen LogP contribution in [0, 0.1) is 11.8 Å². The van der Waals surface area contributed by atoms with E-state index in [-0.39, 0.29) is 30.9 Å². The van der Waals surface area contributed by atoms with Crippen LogP contribution in [-0.4, -0.2) is 391 Å². The van der Waals surface area contributed by atoms with Crippen LogP contribution in [0.5, 0.6) is 5.88 Å². The van der Waals surface area contributed by atoms with Crippen molar-refractivity contribution < 1.29 is 138 Å². The highest BCUT2D eigenvalue weighted by Gasteiger charge is 2.27.